The van der Waals surface area contributed by atoms with Gasteiger partial charge in [-0.3, -0.25) is 0 Å². The molecule has 0 atom stereocenters. The van der Waals surface area contributed by atoms with Crippen LogP contribution in [-0.4, -0.2) is 30.6 Å². The van der Waals surface area contributed by atoms with Crippen LogP contribution in [0.2, 0.25) is 0 Å². The molecule has 0 bridgehead atoms. The van der Waals surface area contributed by atoms with Gasteiger partial charge in [-0.05, 0) is 50.1 Å². The van der Waals surface area contributed by atoms with Crippen molar-refractivity contribution in [2.75, 3.05) is 19.6 Å². The van der Waals surface area contributed by atoms with Crippen molar-refractivity contribution in [3.63, 3.8) is 0 Å². The topological polar surface area (TPSA) is 29.3 Å². The third-order valence-corrected chi connectivity index (χ3v) is 3.51. The van der Waals surface area contributed by atoms with E-state index in [1.165, 1.54) is 38.8 Å². The molecule has 0 unspecified atom stereocenters. The predicted molar refractivity (Wildman–Crippen MR) is 71.5 cm³/mol. The molecule has 0 aliphatic heterocycles. The van der Waals surface area contributed by atoms with Crippen molar-refractivity contribution in [3.05, 3.63) is 0 Å². The second-order valence-electron chi connectivity index (χ2n) is 6.59. The van der Waals surface area contributed by atoms with E-state index in [4.69, 9.17) is 5.73 Å². The number of hydrogen-bond donors (Lipinski definition) is 1. The Kier molecular flexibility index (Phi) is 5.26. The summed E-state index contributed by atoms with van der Waals surface area (Å²) in [5, 5.41) is 0. The maximum absolute atomic E-state index is 5.76. The average Bonchev–Trinajstić information content (AvgIpc) is 2.98. The summed E-state index contributed by atoms with van der Waals surface area (Å²) in [4.78, 5) is 2.69. The summed E-state index contributed by atoms with van der Waals surface area (Å²) in [6.07, 6.45) is 5.40. The van der Waals surface area contributed by atoms with E-state index in [2.05, 4.69) is 32.6 Å². The fourth-order valence-corrected chi connectivity index (χ4v) is 2.19. The Hall–Kier alpha value is -0.0800. The van der Waals surface area contributed by atoms with Gasteiger partial charge in [-0.25, -0.2) is 0 Å². The van der Waals surface area contributed by atoms with Crippen LogP contribution in [0.5, 0.6) is 0 Å². The monoisotopic (exact) mass is 226 g/mol. The van der Waals surface area contributed by atoms with Crippen molar-refractivity contribution in [1.82, 2.24) is 4.90 Å². The molecule has 1 saturated carbocycles. The molecule has 0 heterocycles. The quantitative estimate of drug-likeness (QED) is 0.689. The van der Waals surface area contributed by atoms with Crippen LogP contribution in [-0.2, 0) is 0 Å². The number of hydrogen-bond acceptors (Lipinski definition) is 2. The fraction of sp³-hybridized carbons (Fsp3) is 1.00. The van der Waals surface area contributed by atoms with E-state index in [1.807, 2.05) is 0 Å². The lowest BCUT2D eigenvalue weighted by atomic mass is 9.88. The van der Waals surface area contributed by atoms with Crippen molar-refractivity contribution in [2.24, 2.45) is 17.1 Å². The molecule has 96 valence electrons. The largest absolute Gasteiger partial charge is 0.330 e. The molecule has 1 aliphatic rings. The molecule has 16 heavy (non-hydrogen) atoms. The first-order chi connectivity index (χ1) is 7.44. The highest BCUT2D eigenvalue weighted by atomic mass is 15.2. The highest BCUT2D eigenvalue weighted by Gasteiger charge is 2.29. The Morgan fingerprint density at radius 1 is 1.31 bits per heavy atom. The predicted octanol–water partition coefficient (Wildman–Crippen LogP) is 2.87. The van der Waals surface area contributed by atoms with Crippen LogP contribution in [0.4, 0.5) is 0 Å². The maximum atomic E-state index is 5.76. The molecule has 0 saturated heterocycles. The Morgan fingerprint density at radius 2 is 1.94 bits per heavy atom. The van der Waals surface area contributed by atoms with Crippen molar-refractivity contribution in [3.8, 4) is 0 Å². The molecule has 0 aromatic rings. The molecule has 1 aliphatic carbocycles. The van der Waals surface area contributed by atoms with Crippen LogP contribution in [0, 0.1) is 11.3 Å². The standard InChI is InChI=1S/C14H30N2/c1-12(2)10-16(13-6-7-13)9-5-8-14(3,4)11-15/h12-13H,5-11,15H2,1-4H3. The smallest absolute Gasteiger partial charge is 0.00965 e. The normalized spacial score (nSPS) is 17.4. The van der Waals surface area contributed by atoms with Crippen LogP contribution in [0.1, 0.15) is 53.4 Å². The summed E-state index contributed by atoms with van der Waals surface area (Å²) in [5.74, 6) is 0.795. The second-order valence-corrected chi connectivity index (χ2v) is 6.59. The van der Waals surface area contributed by atoms with Gasteiger partial charge in [-0.15, -0.1) is 0 Å². The summed E-state index contributed by atoms with van der Waals surface area (Å²) in [6, 6.07) is 0.906. The molecular weight excluding hydrogens is 196 g/mol. The van der Waals surface area contributed by atoms with Crippen molar-refractivity contribution < 1.29 is 0 Å². The van der Waals surface area contributed by atoms with E-state index in [-0.39, 0.29) is 0 Å². The Morgan fingerprint density at radius 3 is 2.38 bits per heavy atom. The number of nitrogens with zero attached hydrogens (tertiary/aromatic N) is 1. The Labute approximate surface area is 102 Å². The van der Waals surface area contributed by atoms with Gasteiger partial charge in [0.2, 0.25) is 0 Å². The van der Waals surface area contributed by atoms with Crippen molar-refractivity contribution >= 4 is 0 Å². The van der Waals surface area contributed by atoms with Crippen LogP contribution >= 0.6 is 0 Å². The minimum atomic E-state index is 0.326. The summed E-state index contributed by atoms with van der Waals surface area (Å²) >= 11 is 0. The molecular formula is C14H30N2. The van der Waals surface area contributed by atoms with Gasteiger partial charge in [0.1, 0.15) is 0 Å². The molecule has 2 N–H and O–H groups in total. The van der Waals surface area contributed by atoms with Gasteiger partial charge in [0.05, 0.1) is 0 Å². The first-order valence-corrected chi connectivity index (χ1v) is 6.89. The van der Waals surface area contributed by atoms with Gasteiger partial charge in [-0.2, -0.15) is 0 Å². The molecule has 0 aromatic carbocycles. The first kappa shape index (κ1) is 14.0. The molecule has 2 nitrogen and oxygen atoms in total. The van der Waals surface area contributed by atoms with Crippen molar-refractivity contribution in [2.45, 2.75) is 59.4 Å². The van der Waals surface area contributed by atoms with E-state index in [0.717, 1.165) is 18.5 Å². The molecule has 1 fully saturated rings. The zero-order valence-electron chi connectivity index (χ0n) is 11.6. The fourth-order valence-electron chi connectivity index (χ4n) is 2.19. The van der Waals surface area contributed by atoms with Gasteiger partial charge < -0.3 is 10.6 Å². The lowest BCUT2D eigenvalue weighted by Gasteiger charge is -2.27. The van der Waals surface area contributed by atoms with E-state index in [9.17, 15) is 0 Å². The van der Waals surface area contributed by atoms with E-state index >= 15 is 0 Å². The molecule has 0 radical (unpaired) electrons. The summed E-state index contributed by atoms with van der Waals surface area (Å²) in [5.41, 5.74) is 6.09. The minimum Gasteiger partial charge on any atom is -0.330 e. The molecule has 0 aromatic heterocycles. The third-order valence-electron chi connectivity index (χ3n) is 3.51. The van der Waals surface area contributed by atoms with Gasteiger partial charge in [0, 0.05) is 12.6 Å². The average molecular weight is 226 g/mol. The third kappa shape index (κ3) is 5.31. The number of nitrogens with two attached hydrogens (primary N) is 1. The minimum absolute atomic E-state index is 0.326. The maximum Gasteiger partial charge on any atom is 0.00965 e. The molecule has 2 heteroatoms. The Bertz CT molecular complexity index is 195. The molecule has 1 rings (SSSR count). The van der Waals surface area contributed by atoms with Crippen LogP contribution < -0.4 is 5.73 Å². The van der Waals surface area contributed by atoms with E-state index < -0.39 is 0 Å². The highest BCUT2D eigenvalue weighted by molar-refractivity contribution is 4.85. The van der Waals surface area contributed by atoms with E-state index in [0.29, 0.717) is 5.41 Å². The SMILES string of the molecule is CC(C)CN(CCCC(C)(C)CN)C1CC1. The van der Waals surface area contributed by atoms with Gasteiger partial charge >= 0.3 is 0 Å². The van der Waals surface area contributed by atoms with Crippen LogP contribution in [0.15, 0.2) is 0 Å². The van der Waals surface area contributed by atoms with Crippen LogP contribution in [0.25, 0.3) is 0 Å². The molecule has 0 spiro atoms. The zero-order valence-corrected chi connectivity index (χ0v) is 11.6. The number of rotatable bonds is 8. The summed E-state index contributed by atoms with van der Waals surface area (Å²) in [7, 11) is 0. The lowest BCUT2D eigenvalue weighted by molar-refractivity contribution is 0.214. The Balaban J connectivity index is 2.22. The zero-order chi connectivity index (χ0) is 12.2. The first-order valence-electron chi connectivity index (χ1n) is 6.89. The summed E-state index contributed by atoms with van der Waals surface area (Å²) in [6.45, 7) is 12.5. The van der Waals surface area contributed by atoms with Gasteiger partial charge in [-0.1, -0.05) is 27.7 Å². The lowest BCUT2D eigenvalue weighted by Crippen LogP contribution is -2.32. The van der Waals surface area contributed by atoms with Gasteiger partial charge in [0.15, 0.2) is 0 Å². The van der Waals surface area contributed by atoms with Crippen molar-refractivity contribution in [1.29, 1.82) is 0 Å². The van der Waals surface area contributed by atoms with Crippen LogP contribution in [0.3, 0.4) is 0 Å². The summed E-state index contributed by atoms with van der Waals surface area (Å²) < 4.78 is 0. The van der Waals surface area contributed by atoms with Gasteiger partial charge in [0.25, 0.3) is 0 Å². The van der Waals surface area contributed by atoms with E-state index in [1.54, 1.807) is 0 Å². The highest BCUT2D eigenvalue weighted by Crippen LogP contribution is 2.29. The molecule has 0 amide bonds. The second kappa shape index (κ2) is 6.02.